The Morgan fingerprint density at radius 2 is 0.947 bits per heavy atom. The van der Waals surface area contributed by atoms with Crippen LogP contribution >= 0.6 is 0 Å². The second-order valence-corrected chi connectivity index (χ2v) is 9.15. The van der Waals surface area contributed by atoms with E-state index < -0.39 is 0 Å². The van der Waals surface area contributed by atoms with Crippen molar-refractivity contribution in [3.05, 3.63) is 122 Å². The summed E-state index contributed by atoms with van der Waals surface area (Å²) in [6.07, 6.45) is 3.42. The molecule has 0 saturated carbocycles. The molecule has 0 unspecified atom stereocenters. The van der Waals surface area contributed by atoms with Crippen molar-refractivity contribution in [3.8, 4) is 23.2 Å². The van der Waals surface area contributed by atoms with Gasteiger partial charge in [0.05, 0.1) is 29.0 Å². The van der Waals surface area contributed by atoms with Crippen LogP contribution in [0, 0.1) is 0 Å². The van der Waals surface area contributed by atoms with E-state index in [0.29, 0.717) is 23.2 Å². The summed E-state index contributed by atoms with van der Waals surface area (Å²) in [5.41, 5.74) is 4.42. The van der Waals surface area contributed by atoms with Crippen molar-refractivity contribution in [1.29, 1.82) is 0 Å². The molecule has 0 N–H and O–H groups in total. The molecule has 38 heavy (non-hydrogen) atoms. The lowest BCUT2D eigenvalue weighted by Crippen LogP contribution is -2.08. The smallest absolute Gasteiger partial charge is 0.236 e. The van der Waals surface area contributed by atoms with Gasteiger partial charge in [-0.1, -0.05) is 72.8 Å². The Hall–Kier alpha value is -5.36. The largest absolute Gasteiger partial charge is 0.293 e. The number of hydrogen-bond acceptors (Lipinski definition) is 4. The Morgan fingerprint density at radius 3 is 1.45 bits per heavy atom. The van der Waals surface area contributed by atoms with Crippen molar-refractivity contribution >= 4 is 43.6 Å². The third-order valence-electron chi connectivity index (χ3n) is 7.06. The van der Waals surface area contributed by atoms with Crippen LogP contribution in [0.25, 0.3) is 66.8 Å². The van der Waals surface area contributed by atoms with E-state index >= 15 is 0 Å². The van der Waals surface area contributed by atoms with E-state index in [1.54, 1.807) is 18.5 Å². The Balaban J connectivity index is 1.54. The summed E-state index contributed by atoms with van der Waals surface area (Å²) in [6, 6.07) is 34.7. The first-order valence-electron chi connectivity index (χ1n) is 12.9. The quantitative estimate of drug-likeness (QED) is 0.265. The first-order valence-corrected chi connectivity index (χ1v) is 12.4. The van der Waals surface area contributed by atoms with Gasteiger partial charge in [0.25, 0.3) is 0 Å². The maximum Gasteiger partial charge on any atom is 0.236 e. The number of aromatic nitrogens is 6. The first-order chi connectivity index (χ1) is 19.3. The van der Waals surface area contributed by atoms with Crippen LogP contribution in [0.2, 0.25) is 0 Å². The molecule has 4 heterocycles. The van der Waals surface area contributed by atoms with Gasteiger partial charge in [0.15, 0.2) is 11.6 Å². The van der Waals surface area contributed by atoms with Gasteiger partial charge in [-0.05, 0) is 30.3 Å². The Labute approximate surface area is 218 Å². The number of para-hydroxylation sites is 4. The molecule has 8 aromatic rings. The monoisotopic (exact) mass is 489 g/mol. The predicted octanol–water partition coefficient (Wildman–Crippen LogP) is 7.13. The number of hydrogen-bond donors (Lipinski definition) is 0. The van der Waals surface area contributed by atoms with Gasteiger partial charge in [0, 0.05) is 40.1 Å². The van der Waals surface area contributed by atoms with Gasteiger partial charge < -0.3 is 0 Å². The fraction of sp³-hybridized carbons (Fsp3) is 0. The summed E-state index contributed by atoms with van der Waals surface area (Å²) in [4.78, 5) is 19.0. The zero-order valence-electron chi connectivity index (χ0n) is 21.2. The van der Waals surface area contributed by atoms with E-state index in [4.69, 9.17) is 11.3 Å². The number of benzene rings is 4. The van der Waals surface area contributed by atoms with Gasteiger partial charge in [-0.2, -0.15) is 4.98 Å². The van der Waals surface area contributed by atoms with Crippen LogP contribution in [0.3, 0.4) is 0 Å². The maximum absolute atomic E-state index is 9.17. The standard InChI is InChI=1S/C32H20N6/c1-5-14-26-21(10-1)22-11-2-6-15-27(22)37(26)31-25(30-33-18-9-19-34-30)20-35-32(36-31)38-28-16-7-3-12-23(28)24-13-4-8-17-29(24)38/h1-20H/i20D. The molecule has 8 rings (SSSR count). The highest BCUT2D eigenvalue weighted by atomic mass is 15.2. The van der Waals surface area contributed by atoms with Gasteiger partial charge in [-0.25, -0.2) is 15.0 Å². The lowest BCUT2D eigenvalue weighted by molar-refractivity contribution is 0.945. The van der Waals surface area contributed by atoms with Crippen LogP contribution in [0.15, 0.2) is 122 Å². The van der Waals surface area contributed by atoms with Crippen molar-refractivity contribution in [2.24, 2.45) is 0 Å². The fourth-order valence-corrected chi connectivity index (χ4v) is 5.46. The zero-order valence-corrected chi connectivity index (χ0v) is 20.2. The molecule has 0 bridgehead atoms. The zero-order chi connectivity index (χ0) is 25.9. The van der Waals surface area contributed by atoms with Gasteiger partial charge in [-0.15, -0.1) is 0 Å². The van der Waals surface area contributed by atoms with E-state index in [0.717, 1.165) is 43.6 Å². The van der Waals surface area contributed by atoms with E-state index in [9.17, 15) is 0 Å². The molecule has 0 radical (unpaired) electrons. The predicted molar refractivity (Wildman–Crippen MR) is 152 cm³/mol. The summed E-state index contributed by atoms with van der Waals surface area (Å²) >= 11 is 0. The molecule has 0 amide bonds. The topological polar surface area (TPSA) is 61.4 Å². The van der Waals surface area contributed by atoms with E-state index in [1.165, 1.54) is 0 Å². The molecular formula is C32H20N6. The Bertz CT molecular complexity index is 2090. The summed E-state index contributed by atoms with van der Waals surface area (Å²) in [5.74, 6) is 1.40. The molecule has 0 aliphatic heterocycles. The molecule has 6 heteroatoms. The third-order valence-corrected chi connectivity index (χ3v) is 7.06. The van der Waals surface area contributed by atoms with Crippen molar-refractivity contribution in [3.63, 3.8) is 0 Å². The molecule has 0 fully saturated rings. The second kappa shape index (κ2) is 8.08. The maximum atomic E-state index is 9.17. The van der Waals surface area contributed by atoms with Crippen LogP contribution in [0.5, 0.6) is 0 Å². The SMILES string of the molecule is [2H]c1nc(-n2c3ccccc3c3ccccc32)nc(-n2c3ccccc3c3ccccc32)c1-c1ncccn1. The van der Waals surface area contributed by atoms with Gasteiger partial charge in [-0.3, -0.25) is 9.13 Å². The van der Waals surface area contributed by atoms with Crippen LogP contribution < -0.4 is 0 Å². The molecule has 0 aliphatic carbocycles. The molecule has 4 aromatic heterocycles. The highest BCUT2D eigenvalue weighted by Gasteiger charge is 2.21. The van der Waals surface area contributed by atoms with Crippen LogP contribution in [-0.4, -0.2) is 29.1 Å². The van der Waals surface area contributed by atoms with Gasteiger partial charge in [0.2, 0.25) is 5.95 Å². The Kier molecular flexibility index (Phi) is 4.21. The highest BCUT2D eigenvalue weighted by molar-refractivity contribution is 6.10. The number of fused-ring (bicyclic) bond motifs is 6. The summed E-state index contributed by atoms with van der Waals surface area (Å²) < 4.78 is 13.3. The molecule has 0 saturated heterocycles. The summed E-state index contributed by atoms with van der Waals surface area (Å²) in [5, 5.41) is 4.43. The van der Waals surface area contributed by atoms with E-state index in [1.807, 2.05) is 53.1 Å². The van der Waals surface area contributed by atoms with Crippen molar-refractivity contribution < 1.29 is 1.37 Å². The average Bonchev–Trinajstić information content (AvgIpc) is 3.50. The fourth-order valence-electron chi connectivity index (χ4n) is 5.46. The lowest BCUT2D eigenvalue weighted by atomic mass is 10.2. The highest BCUT2D eigenvalue weighted by Crippen LogP contribution is 2.36. The molecule has 0 aliphatic rings. The minimum atomic E-state index is 0.0601. The number of nitrogens with zero attached hydrogens (tertiary/aromatic N) is 6. The molecule has 4 aromatic carbocycles. The van der Waals surface area contributed by atoms with Crippen molar-refractivity contribution in [2.75, 3.05) is 0 Å². The second-order valence-electron chi connectivity index (χ2n) is 9.15. The molecule has 6 nitrogen and oxygen atoms in total. The average molecular weight is 490 g/mol. The summed E-state index contributed by atoms with van der Waals surface area (Å²) in [6.45, 7) is 0. The van der Waals surface area contributed by atoms with Crippen LogP contribution in [0.4, 0.5) is 0 Å². The lowest BCUT2D eigenvalue weighted by Gasteiger charge is -2.14. The molecule has 0 spiro atoms. The van der Waals surface area contributed by atoms with Crippen molar-refractivity contribution in [1.82, 2.24) is 29.1 Å². The minimum absolute atomic E-state index is 0.0601. The van der Waals surface area contributed by atoms with Crippen LogP contribution in [0.1, 0.15) is 1.37 Å². The molecule has 0 atom stereocenters. The van der Waals surface area contributed by atoms with Crippen molar-refractivity contribution in [2.45, 2.75) is 0 Å². The number of rotatable bonds is 3. The van der Waals surface area contributed by atoms with Gasteiger partial charge >= 0.3 is 0 Å². The summed E-state index contributed by atoms with van der Waals surface area (Å²) in [7, 11) is 0. The third kappa shape index (κ3) is 2.94. The van der Waals surface area contributed by atoms with E-state index in [2.05, 4.69) is 63.1 Å². The normalized spacial score (nSPS) is 12.1. The first kappa shape index (κ1) is 19.8. The van der Waals surface area contributed by atoms with Gasteiger partial charge in [0.1, 0.15) is 0 Å². The molecule has 178 valence electrons. The van der Waals surface area contributed by atoms with Crippen LogP contribution in [-0.2, 0) is 0 Å². The van der Waals surface area contributed by atoms with E-state index in [-0.39, 0.29) is 6.17 Å². The molecular weight excluding hydrogens is 468 g/mol. The Morgan fingerprint density at radius 1 is 0.500 bits per heavy atom. The minimum Gasteiger partial charge on any atom is -0.293 e.